The molecule has 1 aliphatic rings. The first-order valence-corrected chi connectivity index (χ1v) is 4.09. The van der Waals surface area contributed by atoms with Crippen LogP contribution in [0.25, 0.3) is 0 Å². The Balaban J connectivity index is 0.000001000. The zero-order valence-electron chi connectivity index (χ0n) is 6.69. The fourth-order valence-corrected chi connectivity index (χ4v) is 1.63. The molecule has 11 heavy (non-hydrogen) atoms. The van der Waals surface area contributed by atoms with Gasteiger partial charge in [0, 0.05) is 32.7 Å². The quantitative estimate of drug-likeness (QED) is 0.486. The van der Waals surface area contributed by atoms with Crippen molar-refractivity contribution in [3.63, 3.8) is 0 Å². The third kappa shape index (κ3) is 3.00. The maximum Gasteiger partial charge on any atom is 0 e. The maximum atomic E-state index is 3.88. The number of hydrogen-bond donors (Lipinski definition) is 0. The molecule has 0 aromatic heterocycles. The van der Waals surface area contributed by atoms with Crippen molar-refractivity contribution in [2.75, 3.05) is 7.05 Å². The summed E-state index contributed by atoms with van der Waals surface area (Å²) < 4.78 is 1.19. The Morgan fingerprint density at radius 1 is 1.64 bits per heavy atom. The Morgan fingerprint density at radius 3 is 2.64 bits per heavy atom. The summed E-state index contributed by atoms with van der Waals surface area (Å²) in [5, 5.41) is 0. The largest absolute Gasteiger partial charge is 0.457 e. The minimum atomic E-state index is 0. The van der Waals surface area contributed by atoms with E-state index in [1.54, 1.807) is 0 Å². The molecule has 0 bridgehead atoms. The molecule has 0 unspecified atom stereocenters. The summed E-state index contributed by atoms with van der Waals surface area (Å²) in [6, 6.07) is 0. The van der Waals surface area contributed by atoms with E-state index in [1.165, 1.54) is 3.58 Å². The molecule has 1 heterocycles. The molecule has 0 saturated heterocycles. The van der Waals surface area contributed by atoms with E-state index in [4.69, 9.17) is 0 Å². The molecule has 0 spiro atoms. The predicted octanol–water partition coefficient (Wildman–Crippen LogP) is 2.47. The number of nitrogens with zero attached hydrogens (tertiary/aromatic N) is 1. The van der Waals surface area contributed by atoms with E-state index in [9.17, 15) is 0 Å². The van der Waals surface area contributed by atoms with Gasteiger partial charge in [-0.2, -0.15) is 6.08 Å². The van der Waals surface area contributed by atoms with Crippen molar-refractivity contribution < 1.29 is 32.7 Å². The minimum absolute atomic E-state index is 0. The van der Waals surface area contributed by atoms with Crippen LogP contribution in [0.15, 0.2) is 27.5 Å². The number of rotatable bonds is 0. The second-order valence-electron chi connectivity index (χ2n) is 2.29. The van der Waals surface area contributed by atoms with Gasteiger partial charge in [0.2, 0.25) is 0 Å². The zero-order chi connectivity index (χ0) is 7.72. The smallest absolute Gasteiger partial charge is 0 e. The van der Waals surface area contributed by atoms with Crippen LogP contribution in [0.4, 0.5) is 0 Å². The molecule has 0 amide bonds. The molecular weight excluding hydrogens is 326 g/mol. The second-order valence-corrected chi connectivity index (χ2v) is 3.45. The van der Waals surface area contributed by atoms with Crippen molar-refractivity contribution in [1.82, 2.24) is 4.90 Å². The van der Waals surface area contributed by atoms with Crippen LogP contribution in [0.5, 0.6) is 0 Å². The molecule has 0 N–H and O–H groups in total. The summed E-state index contributed by atoms with van der Waals surface area (Å²) in [6.07, 6.45) is 5.20. The third-order valence-electron chi connectivity index (χ3n) is 1.37. The summed E-state index contributed by atoms with van der Waals surface area (Å²) in [5.41, 5.74) is 2.17. The molecule has 57 valence electrons. The van der Waals surface area contributed by atoms with Crippen LogP contribution in [0.2, 0.25) is 0 Å². The molecule has 1 radical (unpaired) electrons. The summed E-state index contributed by atoms with van der Waals surface area (Å²) in [4.78, 5) is 1.91. The van der Waals surface area contributed by atoms with Gasteiger partial charge in [0.05, 0.1) is 0 Å². The van der Waals surface area contributed by atoms with Crippen LogP contribution in [0.3, 0.4) is 0 Å². The Hall–Kier alpha value is 0.854. The molecule has 0 aliphatic carbocycles. The average Bonchev–Trinajstić information content (AvgIpc) is 1.82. The van der Waals surface area contributed by atoms with E-state index in [2.05, 4.69) is 41.4 Å². The topological polar surface area (TPSA) is 3.24 Å². The fourth-order valence-electron chi connectivity index (χ4n) is 0.798. The van der Waals surface area contributed by atoms with E-state index < -0.39 is 0 Å². The van der Waals surface area contributed by atoms with Crippen LogP contribution in [-0.4, -0.2) is 11.9 Å². The van der Waals surface area contributed by atoms with Crippen LogP contribution in [0.1, 0.15) is 6.92 Å². The first kappa shape index (κ1) is 11.9. The number of hydrogen-bond acceptors (Lipinski definition) is 1. The van der Waals surface area contributed by atoms with Gasteiger partial charge in [0.25, 0.3) is 0 Å². The van der Waals surface area contributed by atoms with E-state index >= 15 is 0 Å². The molecule has 0 aromatic rings. The maximum absolute atomic E-state index is 3.88. The van der Waals surface area contributed by atoms with Crippen LogP contribution < -0.4 is 0 Å². The Labute approximate surface area is 107 Å². The monoisotopic (exact) mass is 335 g/mol. The zero-order valence-corrected chi connectivity index (χ0v) is 11.7. The summed E-state index contributed by atoms with van der Waals surface area (Å²) in [6.45, 7) is 5.91. The van der Waals surface area contributed by atoms with Gasteiger partial charge in [-0.1, -0.05) is 38.8 Å². The van der Waals surface area contributed by atoms with Gasteiger partial charge in [-0.05, 0) is 7.05 Å². The first-order valence-electron chi connectivity index (χ1n) is 3.01. The van der Waals surface area contributed by atoms with Gasteiger partial charge in [0.1, 0.15) is 0 Å². The van der Waals surface area contributed by atoms with Gasteiger partial charge >= 0.3 is 0 Å². The van der Waals surface area contributed by atoms with Gasteiger partial charge < -0.3 is 4.90 Å². The van der Waals surface area contributed by atoms with E-state index in [1.807, 2.05) is 18.9 Å². The van der Waals surface area contributed by atoms with Crippen molar-refractivity contribution in [2.24, 2.45) is 0 Å². The van der Waals surface area contributed by atoms with Crippen molar-refractivity contribution in [1.29, 1.82) is 0 Å². The second kappa shape index (κ2) is 4.78. The summed E-state index contributed by atoms with van der Waals surface area (Å²) in [7, 11) is 1.96. The van der Waals surface area contributed by atoms with Gasteiger partial charge in [-0.25, -0.2) is 0 Å². The number of allylic oxidation sites excluding steroid dienone is 3. The Bertz CT molecular complexity index is 230. The molecule has 1 nitrogen and oxygen atoms in total. The van der Waals surface area contributed by atoms with Crippen LogP contribution >= 0.6 is 22.6 Å². The Kier molecular flexibility index (Phi) is 5.15. The van der Waals surface area contributed by atoms with Crippen molar-refractivity contribution in [3.05, 3.63) is 33.7 Å². The third-order valence-corrected chi connectivity index (χ3v) is 2.30. The van der Waals surface area contributed by atoms with Crippen LogP contribution in [-0.2, 0) is 32.7 Å². The first-order chi connectivity index (χ1) is 4.61. The molecule has 0 saturated carbocycles. The minimum Gasteiger partial charge on any atom is -0.457 e. The summed E-state index contributed by atoms with van der Waals surface area (Å²) in [5.74, 6) is 0. The van der Waals surface area contributed by atoms with Gasteiger partial charge in [0.15, 0.2) is 0 Å². The van der Waals surface area contributed by atoms with Gasteiger partial charge in [-0.15, -0.1) is 18.4 Å². The molecular formula is C8H9INY-. The van der Waals surface area contributed by atoms with E-state index in [-0.39, 0.29) is 32.7 Å². The SMILES string of the molecule is C=C1C(I)=CC(C)=[C-]N1C.[Y]. The van der Waals surface area contributed by atoms with E-state index in [0.29, 0.717) is 0 Å². The number of halogens is 1. The molecule has 0 aromatic carbocycles. The standard InChI is InChI=1S/C8H9IN.Y/c1-6-4-8(9)7(2)10(3)5-6;/h4H,2H2,1,3H3;/q-1;. The molecule has 3 heteroatoms. The molecule has 1 aliphatic heterocycles. The fraction of sp³-hybridized carbons (Fsp3) is 0.250. The van der Waals surface area contributed by atoms with Crippen molar-refractivity contribution in [2.45, 2.75) is 6.92 Å². The van der Waals surface area contributed by atoms with Crippen LogP contribution in [0, 0.1) is 6.20 Å². The molecule has 0 atom stereocenters. The number of likely N-dealkylation sites (N-methyl/N-ethyl adjacent to an activating group) is 1. The average molecular weight is 335 g/mol. The molecule has 1 rings (SSSR count). The molecule has 0 fully saturated rings. The van der Waals surface area contributed by atoms with Gasteiger partial charge in [-0.3, -0.25) is 0 Å². The predicted molar refractivity (Wildman–Crippen MR) is 51.4 cm³/mol. The normalized spacial score (nSPS) is 17.0. The van der Waals surface area contributed by atoms with E-state index in [0.717, 1.165) is 11.3 Å². The Morgan fingerprint density at radius 2 is 2.18 bits per heavy atom. The van der Waals surface area contributed by atoms with Crippen molar-refractivity contribution >= 4 is 22.6 Å². The van der Waals surface area contributed by atoms with Crippen molar-refractivity contribution in [3.8, 4) is 0 Å². The summed E-state index contributed by atoms with van der Waals surface area (Å²) >= 11 is 2.27.